The number of aromatic nitrogens is 4. The molecular formula is C14H11ClF3N5S. The Bertz CT molecular complexity index is 933. The smallest absolute Gasteiger partial charge is 0.339 e. The highest BCUT2D eigenvalue weighted by atomic mass is 35.5. The molecule has 126 valence electrons. The molecule has 1 aliphatic rings. The SMILES string of the molecule is Cc1cc(Cl)cc2sc(N3CCn4c(nnc4C(F)(F)F)C3)nc12. The Morgan fingerprint density at radius 3 is 2.75 bits per heavy atom. The van der Waals surface area contributed by atoms with Gasteiger partial charge in [0.1, 0.15) is 0 Å². The van der Waals surface area contributed by atoms with Crippen LogP contribution in [0, 0.1) is 6.92 Å². The topological polar surface area (TPSA) is 46.8 Å². The van der Waals surface area contributed by atoms with Crippen LogP contribution in [0.25, 0.3) is 10.2 Å². The highest BCUT2D eigenvalue weighted by Crippen LogP contribution is 2.35. The van der Waals surface area contributed by atoms with Gasteiger partial charge in [-0.3, -0.25) is 0 Å². The van der Waals surface area contributed by atoms with E-state index in [4.69, 9.17) is 11.6 Å². The summed E-state index contributed by atoms with van der Waals surface area (Å²) in [6, 6.07) is 3.69. The van der Waals surface area contributed by atoms with Crippen molar-refractivity contribution in [2.75, 3.05) is 11.4 Å². The van der Waals surface area contributed by atoms with Crippen LogP contribution in [0.5, 0.6) is 0 Å². The number of hydrogen-bond donors (Lipinski definition) is 0. The summed E-state index contributed by atoms with van der Waals surface area (Å²) in [6.07, 6.45) is -4.49. The predicted molar refractivity (Wildman–Crippen MR) is 85.4 cm³/mol. The number of alkyl halides is 3. The van der Waals surface area contributed by atoms with Gasteiger partial charge in [0.05, 0.1) is 16.8 Å². The molecule has 0 fully saturated rings. The van der Waals surface area contributed by atoms with Crippen molar-refractivity contribution < 1.29 is 13.2 Å². The van der Waals surface area contributed by atoms with E-state index in [9.17, 15) is 13.2 Å². The van der Waals surface area contributed by atoms with Crippen molar-refractivity contribution in [2.45, 2.75) is 26.2 Å². The number of hydrogen-bond acceptors (Lipinski definition) is 5. The Kier molecular flexibility index (Phi) is 3.47. The largest absolute Gasteiger partial charge is 0.451 e. The van der Waals surface area contributed by atoms with E-state index in [1.165, 1.54) is 11.3 Å². The normalized spacial score (nSPS) is 15.1. The first kappa shape index (κ1) is 15.6. The minimum atomic E-state index is -4.49. The summed E-state index contributed by atoms with van der Waals surface area (Å²) in [5, 5.41) is 8.37. The van der Waals surface area contributed by atoms with Crippen LogP contribution >= 0.6 is 22.9 Å². The van der Waals surface area contributed by atoms with E-state index >= 15 is 0 Å². The molecule has 5 nitrogen and oxygen atoms in total. The number of aryl methyl sites for hydroxylation is 1. The van der Waals surface area contributed by atoms with E-state index < -0.39 is 12.0 Å². The van der Waals surface area contributed by atoms with Crippen LogP contribution in [-0.4, -0.2) is 26.3 Å². The molecule has 0 saturated carbocycles. The lowest BCUT2D eigenvalue weighted by molar-refractivity contribution is -0.147. The predicted octanol–water partition coefficient (Wildman–Crippen LogP) is 3.89. The van der Waals surface area contributed by atoms with Crippen molar-refractivity contribution in [2.24, 2.45) is 0 Å². The highest BCUT2D eigenvalue weighted by molar-refractivity contribution is 7.22. The number of rotatable bonds is 1. The molecule has 0 aliphatic carbocycles. The number of anilines is 1. The lowest BCUT2D eigenvalue weighted by Gasteiger charge is -2.27. The lowest BCUT2D eigenvalue weighted by atomic mass is 10.2. The number of nitrogens with zero attached hydrogens (tertiary/aromatic N) is 5. The molecule has 10 heteroatoms. The average Bonchev–Trinajstić information content (AvgIpc) is 3.09. The number of benzene rings is 1. The molecule has 24 heavy (non-hydrogen) atoms. The maximum atomic E-state index is 12.9. The highest BCUT2D eigenvalue weighted by Gasteiger charge is 2.39. The van der Waals surface area contributed by atoms with Crippen molar-refractivity contribution in [3.63, 3.8) is 0 Å². The van der Waals surface area contributed by atoms with Gasteiger partial charge in [0.15, 0.2) is 11.0 Å². The quantitative estimate of drug-likeness (QED) is 0.649. The fourth-order valence-electron chi connectivity index (χ4n) is 2.81. The molecule has 1 aromatic carbocycles. The van der Waals surface area contributed by atoms with E-state index in [-0.39, 0.29) is 13.1 Å². The Balaban J connectivity index is 1.68. The van der Waals surface area contributed by atoms with E-state index in [1.54, 1.807) is 0 Å². The molecule has 0 spiro atoms. The zero-order valence-corrected chi connectivity index (χ0v) is 14.0. The fraction of sp³-hybridized carbons (Fsp3) is 0.357. The van der Waals surface area contributed by atoms with Crippen molar-refractivity contribution >= 4 is 38.3 Å². The van der Waals surface area contributed by atoms with Gasteiger partial charge in [0.2, 0.25) is 5.82 Å². The number of thiazole rings is 1. The molecule has 0 saturated heterocycles. The molecule has 0 unspecified atom stereocenters. The molecule has 0 radical (unpaired) electrons. The first-order valence-corrected chi connectivity index (χ1v) is 8.33. The van der Waals surface area contributed by atoms with Crippen molar-refractivity contribution in [3.8, 4) is 0 Å². The van der Waals surface area contributed by atoms with E-state index in [2.05, 4.69) is 15.2 Å². The molecule has 2 aromatic heterocycles. The molecule has 3 heterocycles. The van der Waals surface area contributed by atoms with Gasteiger partial charge in [0.25, 0.3) is 0 Å². The Morgan fingerprint density at radius 2 is 2.00 bits per heavy atom. The van der Waals surface area contributed by atoms with Crippen LogP contribution in [-0.2, 0) is 19.3 Å². The first-order chi connectivity index (χ1) is 11.3. The molecule has 1 aliphatic heterocycles. The minimum absolute atomic E-state index is 0.173. The van der Waals surface area contributed by atoms with Crippen LogP contribution in [0.4, 0.5) is 18.3 Å². The minimum Gasteiger partial charge on any atom is -0.339 e. The zero-order chi connectivity index (χ0) is 17.1. The molecule has 0 atom stereocenters. The maximum Gasteiger partial charge on any atom is 0.451 e. The van der Waals surface area contributed by atoms with Gasteiger partial charge in [0, 0.05) is 18.1 Å². The van der Waals surface area contributed by atoms with Crippen LogP contribution < -0.4 is 4.90 Å². The van der Waals surface area contributed by atoms with Gasteiger partial charge in [-0.2, -0.15) is 13.2 Å². The maximum absolute atomic E-state index is 12.9. The second-order valence-electron chi connectivity index (χ2n) is 5.58. The van der Waals surface area contributed by atoms with Gasteiger partial charge < -0.3 is 9.47 Å². The average molecular weight is 374 g/mol. The Labute approximate surface area is 143 Å². The second-order valence-corrected chi connectivity index (χ2v) is 7.02. The lowest BCUT2D eigenvalue weighted by Crippen LogP contribution is -2.35. The van der Waals surface area contributed by atoms with Crippen molar-refractivity contribution in [3.05, 3.63) is 34.4 Å². The monoisotopic (exact) mass is 373 g/mol. The third-order valence-electron chi connectivity index (χ3n) is 3.92. The van der Waals surface area contributed by atoms with E-state index in [0.29, 0.717) is 17.4 Å². The first-order valence-electron chi connectivity index (χ1n) is 7.14. The van der Waals surface area contributed by atoms with Gasteiger partial charge in [-0.15, -0.1) is 10.2 Å². The Morgan fingerprint density at radius 1 is 1.21 bits per heavy atom. The number of fused-ring (bicyclic) bond motifs is 2. The standard InChI is InChI=1S/C14H11ClF3N5S/c1-7-4-8(15)5-9-11(7)19-13(24-9)22-2-3-23-10(6-22)20-21-12(23)14(16,17)18/h4-5H,2-3,6H2,1H3. The van der Waals surface area contributed by atoms with Crippen LogP contribution in [0.2, 0.25) is 5.02 Å². The third-order valence-corrected chi connectivity index (χ3v) is 5.20. The van der Waals surface area contributed by atoms with Crippen LogP contribution in [0.1, 0.15) is 17.2 Å². The summed E-state index contributed by atoms with van der Waals surface area (Å²) in [5.41, 5.74) is 1.84. The summed E-state index contributed by atoms with van der Waals surface area (Å²) in [7, 11) is 0. The molecule has 0 N–H and O–H groups in total. The molecular weight excluding hydrogens is 363 g/mol. The van der Waals surface area contributed by atoms with Crippen LogP contribution in [0.3, 0.4) is 0 Å². The summed E-state index contributed by atoms with van der Waals surface area (Å²) in [6.45, 7) is 2.77. The summed E-state index contributed by atoms with van der Waals surface area (Å²) in [4.78, 5) is 6.53. The molecule has 0 amide bonds. The fourth-order valence-corrected chi connectivity index (χ4v) is 4.25. The van der Waals surface area contributed by atoms with Gasteiger partial charge in [-0.25, -0.2) is 4.98 Å². The number of halogens is 4. The molecule has 4 rings (SSSR count). The second kappa shape index (κ2) is 5.32. The van der Waals surface area contributed by atoms with Crippen molar-refractivity contribution in [1.29, 1.82) is 0 Å². The zero-order valence-electron chi connectivity index (χ0n) is 12.4. The molecule has 3 aromatic rings. The van der Waals surface area contributed by atoms with Gasteiger partial charge in [-0.1, -0.05) is 22.9 Å². The van der Waals surface area contributed by atoms with Crippen molar-refractivity contribution in [1.82, 2.24) is 19.7 Å². The summed E-state index contributed by atoms with van der Waals surface area (Å²) in [5.74, 6) is -0.647. The third kappa shape index (κ3) is 2.51. The van der Waals surface area contributed by atoms with Gasteiger partial charge >= 0.3 is 6.18 Å². The summed E-state index contributed by atoms with van der Waals surface area (Å²) < 4.78 is 40.8. The van der Waals surface area contributed by atoms with Crippen LogP contribution in [0.15, 0.2) is 12.1 Å². The van der Waals surface area contributed by atoms with E-state index in [1.807, 2.05) is 24.0 Å². The Hall–Kier alpha value is -1.87. The molecule has 0 bridgehead atoms. The van der Waals surface area contributed by atoms with Gasteiger partial charge in [-0.05, 0) is 24.6 Å². The van der Waals surface area contributed by atoms with E-state index in [0.717, 1.165) is 25.5 Å². The summed E-state index contributed by atoms with van der Waals surface area (Å²) >= 11 is 7.54.